The highest BCUT2D eigenvalue weighted by Crippen LogP contribution is 2.02. The predicted octanol–water partition coefficient (Wildman–Crippen LogP) is 0.00520. The van der Waals surface area contributed by atoms with Crippen LogP contribution < -0.4 is 5.73 Å². The number of hydrogen-bond donors (Lipinski definition) is 2. The van der Waals surface area contributed by atoms with Crippen molar-refractivity contribution in [2.75, 3.05) is 6.61 Å². The largest absolute Gasteiger partial charge is 0.395 e. The number of thiazole rings is 1. The van der Waals surface area contributed by atoms with Gasteiger partial charge >= 0.3 is 0 Å². The first-order chi connectivity index (χ1) is 4.83. The van der Waals surface area contributed by atoms with Crippen LogP contribution in [0.2, 0.25) is 0 Å². The van der Waals surface area contributed by atoms with Crippen molar-refractivity contribution < 1.29 is 5.11 Å². The monoisotopic (exact) mass is 158 g/mol. The van der Waals surface area contributed by atoms with Gasteiger partial charge in [0.1, 0.15) is 0 Å². The fraction of sp³-hybridized carbons (Fsp3) is 0.500. The third kappa shape index (κ3) is 2.06. The Morgan fingerprint density at radius 3 is 3.10 bits per heavy atom. The van der Waals surface area contributed by atoms with Crippen molar-refractivity contribution in [1.29, 1.82) is 0 Å². The first kappa shape index (κ1) is 7.65. The van der Waals surface area contributed by atoms with E-state index in [4.69, 9.17) is 10.8 Å². The van der Waals surface area contributed by atoms with E-state index in [-0.39, 0.29) is 12.6 Å². The van der Waals surface area contributed by atoms with E-state index in [0.29, 0.717) is 6.42 Å². The lowest BCUT2D eigenvalue weighted by molar-refractivity contribution is 0.265. The van der Waals surface area contributed by atoms with Crippen molar-refractivity contribution in [3.05, 3.63) is 16.6 Å². The second kappa shape index (κ2) is 3.65. The van der Waals surface area contributed by atoms with Crippen LogP contribution in [0, 0.1) is 0 Å². The molecule has 0 saturated carbocycles. The number of nitrogens with two attached hydrogens (primary N) is 1. The van der Waals surface area contributed by atoms with Crippen LogP contribution in [0.3, 0.4) is 0 Å². The van der Waals surface area contributed by atoms with Crippen molar-refractivity contribution in [1.82, 2.24) is 4.98 Å². The number of hydrogen-bond acceptors (Lipinski definition) is 4. The molecule has 3 N–H and O–H groups in total. The molecule has 0 aliphatic heterocycles. The molecule has 1 rings (SSSR count). The summed E-state index contributed by atoms with van der Waals surface area (Å²) in [7, 11) is 0. The molecule has 0 spiro atoms. The van der Waals surface area contributed by atoms with Crippen LogP contribution in [-0.4, -0.2) is 22.7 Å². The number of aliphatic hydroxyl groups excluding tert-OH is 1. The minimum Gasteiger partial charge on any atom is -0.395 e. The molecule has 3 nitrogen and oxygen atoms in total. The molecular weight excluding hydrogens is 148 g/mol. The summed E-state index contributed by atoms with van der Waals surface area (Å²) in [6.45, 7) is 0.0253. The van der Waals surface area contributed by atoms with E-state index in [1.807, 2.05) is 5.38 Å². The van der Waals surface area contributed by atoms with Crippen LogP contribution in [0.4, 0.5) is 0 Å². The first-order valence-corrected chi connectivity index (χ1v) is 4.00. The lowest BCUT2D eigenvalue weighted by Crippen LogP contribution is -2.26. The van der Waals surface area contributed by atoms with Crippen molar-refractivity contribution >= 4 is 11.3 Å². The summed E-state index contributed by atoms with van der Waals surface area (Å²) in [5, 5.41) is 10.5. The van der Waals surface area contributed by atoms with E-state index in [0.717, 1.165) is 5.69 Å². The number of aromatic nitrogens is 1. The molecule has 0 aliphatic carbocycles. The fourth-order valence-electron chi connectivity index (χ4n) is 0.672. The summed E-state index contributed by atoms with van der Waals surface area (Å²) in [6, 6.07) is -0.165. The highest BCUT2D eigenvalue weighted by Gasteiger charge is 2.02. The molecule has 0 radical (unpaired) electrons. The highest BCUT2D eigenvalue weighted by atomic mass is 32.1. The van der Waals surface area contributed by atoms with E-state index in [1.54, 1.807) is 16.8 Å². The van der Waals surface area contributed by atoms with Gasteiger partial charge in [-0.15, -0.1) is 11.3 Å². The van der Waals surface area contributed by atoms with E-state index in [9.17, 15) is 0 Å². The maximum absolute atomic E-state index is 8.58. The quantitative estimate of drug-likeness (QED) is 0.651. The zero-order valence-corrected chi connectivity index (χ0v) is 6.34. The van der Waals surface area contributed by atoms with Gasteiger partial charge in [0.25, 0.3) is 0 Å². The Kier molecular flexibility index (Phi) is 2.80. The smallest absolute Gasteiger partial charge is 0.0794 e. The number of rotatable bonds is 3. The lowest BCUT2D eigenvalue weighted by Gasteiger charge is -2.03. The fourth-order valence-corrected chi connectivity index (χ4v) is 1.24. The predicted molar refractivity (Wildman–Crippen MR) is 40.9 cm³/mol. The van der Waals surface area contributed by atoms with Crippen molar-refractivity contribution in [2.45, 2.75) is 12.5 Å². The third-order valence-electron chi connectivity index (χ3n) is 1.19. The Hall–Kier alpha value is -0.450. The minimum atomic E-state index is -0.165. The molecule has 0 amide bonds. The summed E-state index contributed by atoms with van der Waals surface area (Å²) >= 11 is 1.54. The third-order valence-corrected chi connectivity index (χ3v) is 1.82. The van der Waals surface area contributed by atoms with Crippen LogP contribution in [-0.2, 0) is 6.42 Å². The van der Waals surface area contributed by atoms with E-state index >= 15 is 0 Å². The molecule has 10 heavy (non-hydrogen) atoms. The number of aliphatic hydroxyl groups is 1. The Morgan fingerprint density at radius 1 is 1.80 bits per heavy atom. The summed E-state index contributed by atoms with van der Waals surface area (Å²) in [6.07, 6.45) is 0.667. The van der Waals surface area contributed by atoms with E-state index in [2.05, 4.69) is 4.98 Å². The van der Waals surface area contributed by atoms with Gasteiger partial charge in [-0.1, -0.05) is 0 Å². The van der Waals surface area contributed by atoms with E-state index < -0.39 is 0 Å². The Labute approximate surface area is 63.5 Å². The van der Waals surface area contributed by atoms with Crippen LogP contribution in [0.15, 0.2) is 10.9 Å². The first-order valence-electron chi connectivity index (χ1n) is 3.06. The molecule has 1 aromatic heterocycles. The van der Waals surface area contributed by atoms with Crippen molar-refractivity contribution in [3.63, 3.8) is 0 Å². The normalized spacial score (nSPS) is 13.4. The average molecular weight is 158 g/mol. The second-order valence-corrected chi connectivity index (χ2v) is 2.85. The molecule has 0 bridgehead atoms. The molecule has 1 unspecified atom stereocenters. The molecular formula is C6H10N2OS. The van der Waals surface area contributed by atoms with Gasteiger partial charge in [0.15, 0.2) is 0 Å². The maximum atomic E-state index is 8.58. The Bertz CT molecular complexity index is 176. The van der Waals surface area contributed by atoms with Gasteiger partial charge in [-0.05, 0) is 0 Å². The maximum Gasteiger partial charge on any atom is 0.0794 e. The van der Waals surface area contributed by atoms with Gasteiger partial charge in [0, 0.05) is 17.8 Å². The standard InChI is InChI=1S/C6H10N2OS/c7-5(2-9)1-6-3-10-4-8-6/h3-5,9H,1-2,7H2. The molecule has 1 aromatic rings. The molecule has 56 valence electrons. The number of nitrogens with zero attached hydrogens (tertiary/aromatic N) is 1. The van der Waals surface area contributed by atoms with Gasteiger partial charge in [-0.25, -0.2) is 4.98 Å². The summed E-state index contributed by atoms with van der Waals surface area (Å²) in [5.74, 6) is 0. The lowest BCUT2D eigenvalue weighted by atomic mass is 10.2. The van der Waals surface area contributed by atoms with Gasteiger partial charge in [-0.2, -0.15) is 0 Å². The molecule has 1 atom stereocenters. The highest BCUT2D eigenvalue weighted by molar-refractivity contribution is 7.07. The molecule has 0 aromatic carbocycles. The SMILES string of the molecule is NC(CO)Cc1cscn1. The van der Waals surface area contributed by atoms with Crippen LogP contribution in [0.1, 0.15) is 5.69 Å². The van der Waals surface area contributed by atoms with Gasteiger partial charge in [0.2, 0.25) is 0 Å². The molecule has 4 heteroatoms. The molecule has 0 aliphatic rings. The van der Waals surface area contributed by atoms with Gasteiger partial charge in [0.05, 0.1) is 17.8 Å². The molecule has 0 saturated heterocycles. The van der Waals surface area contributed by atoms with Gasteiger partial charge in [-0.3, -0.25) is 0 Å². The minimum absolute atomic E-state index is 0.0253. The Balaban J connectivity index is 2.40. The molecule has 1 heterocycles. The van der Waals surface area contributed by atoms with Crippen molar-refractivity contribution in [2.24, 2.45) is 5.73 Å². The summed E-state index contributed by atoms with van der Waals surface area (Å²) in [4.78, 5) is 4.03. The molecule has 0 fully saturated rings. The summed E-state index contributed by atoms with van der Waals surface area (Å²) in [5.41, 5.74) is 8.21. The van der Waals surface area contributed by atoms with Crippen LogP contribution in [0.5, 0.6) is 0 Å². The zero-order chi connectivity index (χ0) is 7.40. The zero-order valence-electron chi connectivity index (χ0n) is 5.53. The topological polar surface area (TPSA) is 59.1 Å². The average Bonchev–Trinajstić information content (AvgIpc) is 2.40. The summed E-state index contributed by atoms with van der Waals surface area (Å²) < 4.78 is 0. The van der Waals surface area contributed by atoms with Crippen molar-refractivity contribution in [3.8, 4) is 0 Å². The van der Waals surface area contributed by atoms with E-state index in [1.165, 1.54) is 0 Å². The van der Waals surface area contributed by atoms with Crippen LogP contribution >= 0.6 is 11.3 Å². The Morgan fingerprint density at radius 2 is 2.60 bits per heavy atom. The van der Waals surface area contributed by atoms with Crippen LogP contribution in [0.25, 0.3) is 0 Å². The van der Waals surface area contributed by atoms with Gasteiger partial charge < -0.3 is 10.8 Å². The second-order valence-electron chi connectivity index (χ2n) is 2.13.